The monoisotopic (exact) mass is 543 g/mol. The van der Waals surface area contributed by atoms with Crippen LogP contribution in [0.15, 0.2) is 42.7 Å². The fourth-order valence-corrected chi connectivity index (χ4v) is 6.32. The highest BCUT2D eigenvalue weighted by Gasteiger charge is 2.46. The SMILES string of the molecule is [CH2]c1ccc(-c2nc3c(N4[C@@H]5CC[C@H]4[C@@H](N)C5)nccn3c2-c2cc3nnn(CC(C)(C)O)c3cc2F)cc1F. The zero-order valence-corrected chi connectivity index (χ0v) is 22.2. The van der Waals surface area contributed by atoms with E-state index in [9.17, 15) is 9.50 Å². The van der Waals surface area contributed by atoms with Crippen molar-refractivity contribution in [1.29, 1.82) is 0 Å². The molecule has 0 saturated carbocycles. The third kappa shape index (κ3) is 3.87. The van der Waals surface area contributed by atoms with Crippen molar-refractivity contribution in [2.24, 2.45) is 5.73 Å². The maximum Gasteiger partial charge on any atom is 0.181 e. The molecule has 11 heteroatoms. The van der Waals surface area contributed by atoms with Gasteiger partial charge in [-0.05, 0) is 57.7 Å². The van der Waals surface area contributed by atoms with Crippen molar-refractivity contribution in [2.75, 3.05) is 4.90 Å². The topological polar surface area (TPSA) is 110 Å². The summed E-state index contributed by atoms with van der Waals surface area (Å²) >= 11 is 0. The van der Waals surface area contributed by atoms with Crippen molar-refractivity contribution in [3.63, 3.8) is 0 Å². The van der Waals surface area contributed by atoms with Crippen LogP contribution in [0.4, 0.5) is 14.6 Å². The number of rotatable bonds is 5. The minimum Gasteiger partial charge on any atom is -0.389 e. The Kier molecular flexibility index (Phi) is 5.49. The molecule has 2 fully saturated rings. The summed E-state index contributed by atoms with van der Waals surface area (Å²) in [6.45, 7) is 7.17. The maximum absolute atomic E-state index is 16.0. The van der Waals surface area contributed by atoms with Crippen LogP contribution in [0, 0.1) is 18.6 Å². The second kappa shape index (κ2) is 8.77. The minimum atomic E-state index is -1.06. The molecule has 205 valence electrons. The van der Waals surface area contributed by atoms with Crippen LogP contribution < -0.4 is 10.6 Å². The van der Waals surface area contributed by atoms with Crippen molar-refractivity contribution in [3.8, 4) is 22.5 Å². The standard InChI is InChI=1S/C29H29F2N8O/c1-15-4-5-16(10-19(15)30)25-26(18-12-22-24(13-20(18)31)38(36-35-22)14-29(2,3)40)37-9-8-33-27(28(37)34-25)39-17-6-7-23(39)21(32)11-17/h4-5,8-10,12-13,17,21,23,40H,1,6-7,11,14,32H2,2-3H3/t17-,21+,23+/m1/s1. The number of halogens is 2. The number of hydrogen-bond acceptors (Lipinski definition) is 7. The third-order valence-electron chi connectivity index (χ3n) is 8.07. The quantitative estimate of drug-likeness (QED) is 0.343. The van der Waals surface area contributed by atoms with E-state index in [-0.39, 0.29) is 35.8 Å². The highest BCUT2D eigenvalue weighted by Crippen LogP contribution is 2.43. The van der Waals surface area contributed by atoms with E-state index in [2.05, 4.69) is 22.1 Å². The largest absolute Gasteiger partial charge is 0.389 e. The first-order valence-corrected chi connectivity index (χ1v) is 13.4. The van der Waals surface area contributed by atoms with Gasteiger partial charge in [0.05, 0.1) is 29.1 Å². The number of nitrogens with two attached hydrogens (primary N) is 1. The van der Waals surface area contributed by atoms with Crippen LogP contribution in [0.1, 0.15) is 38.7 Å². The van der Waals surface area contributed by atoms with Crippen LogP contribution in [0.2, 0.25) is 0 Å². The summed E-state index contributed by atoms with van der Waals surface area (Å²) in [5.41, 5.74) is 8.66. The molecule has 5 heterocycles. The minimum absolute atomic E-state index is 0.0553. The first-order chi connectivity index (χ1) is 19.1. The van der Waals surface area contributed by atoms with Crippen LogP contribution in [-0.2, 0) is 6.54 Å². The smallest absolute Gasteiger partial charge is 0.181 e. The maximum atomic E-state index is 16.0. The van der Waals surface area contributed by atoms with Crippen LogP contribution >= 0.6 is 0 Å². The molecule has 40 heavy (non-hydrogen) atoms. The second-order valence-corrected chi connectivity index (χ2v) is 11.5. The highest BCUT2D eigenvalue weighted by molar-refractivity contribution is 5.89. The van der Waals surface area contributed by atoms with E-state index < -0.39 is 17.2 Å². The zero-order valence-electron chi connectivity index (χ0n) is 22.2. The van der Waals surface area contributed by atoms with Gasteiger partial charge in [-0.2, -0.15) is 0 Å². The van der Waals surface area contributed by atoms with Crippen molar-refractivity contribution >= 4 is 22.5 Å². The molecule has 0 aliphatic carbocycles. The Hall–Kier alpha value is -3.96. The van der Waals surface area contributed by atoms with E-state index >= 15 is 4.39 Å². The number of hydrogen-bond donors (Lipinski definition) is 2. The first kappa shape index (κ1) is 25.0. The van der Waals surface area contributed by atoms with Gasteiger partial charge in [0, 0.05) is 47.7 Å². The van der Waals surface area contributed by atoms with Gasteiger partial charge in [-0.1, -0.05) is 17.3 Å². The Bertz CT molecular complexity index is 1790. The van der Waals surface area contributed by atoms with E-state index in [1.54, 1.807) is 44.4 Å². The van der Waals surface area contributed by atoms with Gasteiger partial charge in [0.2, 0.25) is 0 Å². The lowest BCUT2D eigenvalue weighted by Gasteiger charge is -2.24. The average Bonchev–Trinajstić information content (AvgIpc) is 3.65. The summed E-state index contributed by atoms with van der Waals surface area (Å²) in [6, 6.07) is 8.15. The van der Waals surface area contributed by atoms with Gasteiger partial charge in [-0.3, -0.25) is 4.40 Å². The van der Waals surface area contributed by atoms with Crippen LogP contribution in [0.3, 0.4) is 0 Å². The fraction of sp³-hybridized carbons (Fsp3) is 0.345. The molecule has 7 rings (SSSR count). The van der Waals surface area contributed by atoms with Gasteiger partial charge in [0.1, 0.15) is 17.2 Å². The lowest BCUT2D eigenvalue weighted by molar-refractivity contribution is 0.0585. The zero-order chi connectivity index (χ0) is 27.9. The predicted octanol–water partition coefficient (Wildman–Crippen LogP) is 4.11. The van der Waals surface area contributed by atoms with E-state index in [1.165, 1.54) is 16.8 Å². The van der Waals surface area contributed by atoms with E-state index in [0.717, 1.165) is 19.3 Å². The predicted molar refractivity (Wildman–Crippen MR) is 147 cm³/mol. The molecule has 2 aliphatic rings. The van der Waals surface area contributed by atoms with Crippen molar-refractivity contribution in [2.45, 2.75) is 63.4 Å². The molecule has 0 unspecified atom stereocenters. The average molecular weight is 544 g/mol. The van der Waals surface area contributed by atoms with Crippen LogP contribution in [0.25, 0.3) is 39.2 Å². The number of imidazole rings is 1. The van der Waals surface area contributed by atoms with Gasteiger partial charge < -0.3 is 15.7 Å². The summed E-state index contributed by atoms with van der Waals surface area (Å²) in [5, 5.41) is 18.7. The molecule has 0 amide bonds. The highest BCUT2D eigenvalue weighted by atomic mass is 19.1. The second-order valence-electron chi connectivity index (χ2n) is 11.5. The van der Waals surface area contributed by atoms with Gasteiger partial charge in [-0.15, -0.1) is 5.10 Å². The summed E-state index contributed by atoms with van der Waals surface area (Å²) in [4.78, 5) is 11.9. The Morgan fingerprint density at radius 2 is 1.98 bits per heavy atom. The van der Waals surface area contributed by atoms with Crippen LogP contribution in [0.5, 0.6) is 0 Å². The van der Waals surface area contributed by atoms with E-state index in [0.29, 0.717) is 39.4 Å². The molecule has 3 aromatic heterocycles. The molecule has 0 spiro atoms. The summed E-state index contributed by atoms with van der Waals surface area (Å²) in [5.74, 6) is -0.319. The molecule has 3 atom stereocenters. The molecule has 2 saturated heterocycles. The van der Waals surface area contributed by atoms with Crippen molar-refractivity contribution < 1.29 is 13.9 Å². The normalized spacial score (nSPS) is 20.9. The fourth-order valence-electron chi connectivity index (χ4n) is 6.32. The molecule has 2 aromatic carbocycles. The molecular weight excluding hydrogens is 514 g/mol. The lowest BCUT2D eigenvalue weighted by atomic mass is 9.97. The number of fused-ring (bicyclic) bond motifs is 4. The van der Waals surface area contributed by atoms with Crippen molar-refractivity contribution in [3.05, 3.63) is 66.8 Å². The summed E-state index contributed by atoms with van der Waals surface area (Å²) in [7, 11) is 0. The van der Waals surface area contributed by atoms with E-state index in [4.69, 9.17) is 15.7 Å². The molecule has 1 radical (unpaired) electrons. The number of benzene rings is 2. The number of aliphatic hydroxyl groups is 1. The van der Waals surface area contributed by atoms with Gasteiger partial charge in [0.15, 0.2) is 11.5 Å². The number of nitrogens with zero attached hydrogens (tertiary/aromatic N) is 7. The number of aromatic nitrogens is 6. The van der Waals surface area contributed by atoms with Gasteiger partial charge in [-0.25, -0.2) is 23.4 Å². The Balaban J connectivity index is 1.47. The van der Waals surface area contributed by atoms with Crippen LogP contribution in [-0.4, -0.2) is 58.2 Å². The first-order valence-electron chi connectivity index (χ1n) is 13.4. The molecule has 2 bridgehead atoms. The molecule has 2 aliphatic heterocycles. The Morgan fingerprint density at radius 1 is 1.15 bits per heavy atom. The molecule has 5 aromatic rings. The third-order valence-corrected chi connectivity index (χ3v) is 8.07. The van der Waals surface area contributed by atoms with E-state index in [1.807, 2.05) is 4.40 Å². The Labute approximate surface area is 229 Å². The van der Waals surface area contributed by atoms with Crippen molar-refractivity contribution in [1.82, 2.24) is 29.4 Å². The lowest BCUT2D eigenvalue weighted by Crippen LogP contribution is -2.37. The molecular formula is C29H29F2N8O. The molecule has 9 nitrogen and oxygen atoms in total. The van der Waals surface area contributed by atoms with Gasteiger partial charge in [0.25, 0.3) is 0 Å². The summed E-state index contributed by atoms with van der Waals surface area (Å²) < 4.78 is 34.0. The molecule has 3 N–H and O–H groups in total. The van der Waals surface area contributed by atoms with Gasteiger partial charge >= 0.3 is 0 Å². The number of anilines is 1. The summed E-state index contributed by atoms with van der Waals surface area (Å²) in [6.07, 6.45) is 6.31. The Morgan fingerprint density at radius 3 is 2.67 bits per heavy atom.